The third kappa shape index (κ3) is 3.04. The lowest BCUT2D eigenvalue weighted by atomic mass is 10.1. The number of benzene rings is 1. The monoisotopic (exact) mass is 254 g/mol. The number of amides is 1. The van der Waals surface area contributed by atoms with Crippen LogP contribution in [0.5, 0.6) is 0 Å². The molecule has 1 heterocycles. The predicted molar refractivity (Wildman–Crippen MR) is 63.9 cm³/mol. The third-order valence-corrected chi connectivity index (χ3v) is 3.11. The lowest BCUT2D eigenvalue weighted by Gasteiger charge is -2.20. The lowest BCUT2D eigenvalue weighted by Crippen LogP contribution is -2.43. The lowest BCUT2D eigenvalue weighted by molar-refractivity contribution is -0.131. The van der Waals surface area contributed by atoms with Gasteiger partial charge in [0.15, 0.2) is 0 Å². The van der Waals surface area contributed by atoms with Crippen molar-refractivity contribution >= 4 is 5.91 Å². The molecule has 5 heteroatoms. The van der Waals surface area contributed by atoms with Crippen molar-refractivity contribution in [2.45, 2.75) is 25.3 Å². The minimum atomic E-state index is -0.732. The Morgan fingerprint density at radius 1 is 1.22 bits per heavy atom. The van der Waals surface area contributed by atoms with E-state index in [4.69, 9.17) is 5.73 Å². The van der Waals surface area contributed by atoms with Crippen molar-refractivity contribution in [2.75, 3.05) is 13.1 Å². The average Bonchev–Trinajstić information content (AvgIpc) is 2.79. The summed E-state index contributed by atoms with van der Waals surface area (Å²) in [4.78, 5) is 13.6. The highest BCUT2D eigenvalue weighted by atomic mass is 19.1. The van der Waals surface area contributed by atoms with Gasteiger partial charge in [0.2, 0.25) is 5.91 Å². The smallest absolute Gasteiger partial charge is 0.239 e. The molecule has 1 aliphatic heterocycles. The molecule has 1 atom stereocenters. The van der Waals surface area contributed by atoms with E-state index in [1.165, 1.54) is 12.1 Å². The van der Waals surface area contributed by atoms with Crippen LogP contribution in [-0.4, -0.2) is 29.9 Å². The van der Waals surface area contributed by atoms with Gasteiger partial charge in [-0.15, -0.1) is 0 Å². The van der Waals surface area contributed by atoms with Crippen LogP contribution in [0.3, 0.4) is 0 Å². The van der Waals surface area contributed by atoms with Gasteiger partial charge in [0.1, 0.15) is 11.6 Å². The van der Waals surface area contributed by atoms with E-state index >= 15 is 0 Å². The molecule has 1 aromatic carbocycles. The van der Waals surface area contributed by atoms with Crippen molar-refractivity contribution in [3.8, 4) is 0 Å². The molecule has 1 saturated heterocycles. The van der Waals surface area contributed by atoms with Crippen LogP contribution < -0.4 is 5.73 Å². The van der Waals surface area contributed by atoms with Gasteiger partial charge in [-0.3, -0.25) is 4.79 Å². The predicted octanol–water partition coefficient (Wildman–Crippen LogP) is 1.46. The number of likely N-dealkylation sites (tertiary alicyclic amines) is 1. The molecule has 1 aromatic rings. The summed E-state index contributed by atoms with van der Waals surface area (Å²) in [5, 5.41) is 0. The highest BCUT2D eigenvalue weighted by Crippen LogP contribution is 2.13. The summed E-state index contributed by atoms with van der Waals surface area (Å²) in [6.45, 7) is 1.45. The zero-order chi connectivity index (χ0) is 13.1. The Balaban J connectivity index is 2.01. The summed E-state index contributed by atoms with van der Waals surface area (Å²) < 4.78 is 26.0. The van der Waals surface area contributed by atoms with Crippen LogP contribution in [0.15, 0.2) is 18.2 Å². The topological polar surface area (TPSA) is 46.3 Å². The Labute approximate surface area is 105 Å². The maximum Gasteiger partial charge on any atom is 0.239 e. The van der Waals surface area contributed by atoms with E-state index in [0.717, 1.165) is 32.0 Å². The number of rotatable bonds is 3. The van der Waals surface area contributed by atoms with Gasteiger partial charge in [0.05, 0.1) is 6.04 Å². The zero-order valence-corrected chi connectivity index (χ0v) is 10.0. The summed E-state index contributed by atoms with van der Waals surface area (Å²) in [5.41, 5.74) is 6.20. The second-order valence-corrected chi connectivity index (χ2v) is 4.62. The Morgan fingerprint density at radius 2 is 1.78 bits per heavy atom. The summed E-state index contributed by atoms with van der Waals surface area (Å²) in [6, 6.07) is 2.49. The minimum absolute atomic E-state index is 0.142. The Bertz CT molecular complexity index is 424. The number of halogens is 2. The molecular formula is C13H16F2N2O. The third-order valence-electron chi connectivity index (χ3n) is 3.11. The number of carbonyl (C=O) groups excluding carboxylic acids is 1. The number of nitrogens with zero attached hydrogens (tertiary/aromatic N) is 1. The van der Waals surface area contributed by atoms with Crippen LogP contribution in [0.4, 0.5) is 8.78 Å². The summed E-state index contributed by atoms with van der Waals surface area (Å²) in [5.74, 6) is -1.44. The summed E-state index contributed by atoms with van der Waals surface area (Å²) in [6.07, 6.45) is 2.14. The molecule has 1 fully saturated rings. The van der Waals surface area contributed by atoms with Crippen molar-refractivity contribution < 1.29 is 13.6 Å². The Hall–Kier alpha value is -1.49. The van der Waals surface area contributed by atoms with Crippen molar-refractivity contribution in [2.24, 2.45) is 5.73 Å². The first-order chi connectivity index (χ1) is 8.56. The number of nitrogens with two attached hydrogens (primary N) is 1. The van der Waals surface area contributed by atoms with Crippen molar-refractivity contribution in [1.29, 1.82) is 0 Å². The molecule has 98 valence electrons. The highest BCUT2D eigenvalue weighted by molar-refractivity contribution is 5.82. The molecule has 18 heavy (non-hydrogen) atoms. The molecule has 2 rings (SSSR count). The van der Waals surface area contributed by atoms with Crippen LogP contribution in [0.1, 0.15) is 18.4 Å². The molecule has 0 aliphatic carbocycles. The normalized spacial score (nSPS) is 16.9. The Kier molecular flexibility index (Phi) is 3.91. The largest absolute Gasteiger partial charge is 0.341 e. The van der Waals surface area contributed by atoms with Crippen LogP contribution in [0.2, 0.25) is 0 Å². The Morgan fingerprint density at radius 3 is 2.33 bits per heavy atom. The van der Waals surface area contributed by atoms with Gasteiger partial charge in [0, 0.05) is 19.2 Å². The van der Waals surface area contributed by atoms with Gasteiger partial charge >= 0.3 is 0 Å². The van der Waals surface area contributed by atoms with E-state index in [1.54, 1.807) is 4.90 Å². The molecule has 1 amide bonds. The minimum Gasteiger partial charge on any atom is -0.341 e. The van der Waals surface area contributed by atoms with Crippen molar-refractivity contribution in [3.05, 3.63) is 35.4 Å². The first-order valence-corrected chi connectivity index (χ1v) is 6.05. The molecule has 0 spiro atoms. The average molecular weight is 254 g/mol. The van der Waals surface area contributed by atoms with E-state index in [0.29, 0.717) is 5.56 Å². The van der Waals surface area contributed by atoms with Crippen LogP contribution in [0, 0.1) is 11.6 Å². The number of hydrogen-bond acceptors (Lipinski definition) is 2. The van der Waals surface area contributed by atoms with Gasteiger partial charge in [-0.25, -0.2) is 8.78 Å². The molecule has 0 aromatic heterocycles. The molecular weight excluding hydrogens is 238 g/mol. The molecule has 2 N–H and O–H groups in total. The van der Waals surface area contributed by atoms with E-state index < -0.39 is 17.7 Å². The summed E-state index contributed by atoms with van der Waals surface area (Å²) in [7, 11) is 0. The molecule has 3 nitrogen and oxygen atoms in total. The second kappa shape index (κ2) is 5.44. The fraction of sp³-hybridized carbons (Fsp3) is 0.462. The van der Waals surface area contributed by atoms with Gasteiger partial charge in [-0.1, -0.05) is 0 Å². The van der Waals surface area contributed by atoms with Crippen LogP contribution in [0.25, 0.3) is 0 Å². The molecule has 0 bridgehead atoms. The van der Waals surface area contributed by atoms with Gasteiger partial charge in [0.25, 0.3) is 0 Å². The first kappa shape index (κ1) is 13.0. The van der Waals surface area contributed by atoms with E-state index in [1.807, 2.05) is 0 Å². The molecule has 0 radical (unpaired) electrons. The standard InChI is InChI=1S/C13H16F2N2O/c14-10-5-9(6-11(15)8-10)7-12(16)13(18)17-3-1-2-4-17/h5-6,8,12H,1-4,7,16H2/t12-/m0/s1. The maximum atomic E-state index is 13.0. The first-order valence-electron chi connectivity index (χ1n) is 6.05. The van der Waals surface area contributed by atoms with Gasteiger partial charge in [-0.2, -0.15) is 0 Å². The fourth-order valence-electron chi connectivity index (χ4n) is 2.24. The SMILES string of the molecule is N[C@@H](Cc1cc(F)cc(F)c1)C(=O)N1CCCC1. The van der Waals surface area contributed by atoms with Gasteiger partial charge < -0.3 is 10.6 Å². The van der Waals surface area contributed by atoms with Crippen LogP contribution >= 0.6 is 0 Å². The van der Waals surface area contributed by atoms with Gasteiger partial charge in [-0.05, 0) is 37.0 Å². The van der Waals surface area contributed by atoms with Crippen molar-refractivity contribution in [1.82, 2.24) is 4.90 Å². The van der Waals surface area contributed by atoms with E-state index in [9.17, 15) is 13.6 Å². The number of carbonyl (C=O) groups is 1. The van der Waals surface area contributed by atoms with E-state index in [2.05, 4.69) is 0 Å². The van der Waals surface area contributed by atoms with Crippen LogP contribution in [-0.2, 0) is 11.2 Å². The molecule has 0 saturated carbocycles. The zero-order valence-electron chi connectivity index (χ0n) is 10.0. The number of hydrogen-bond donors (Lipinski definition) is 1. The highest BCUT2D eigenvalue weighted by Gasteiger charge is 2.23. The maximum absolute atomic E-state index is 13.0. The van der Waals surface area contributed by atoms with E-state index in [-0.39, 0.29) is 12.3 Å². The molecule has 0 unspecified atom stereocenters. The summed E-state index contributed by atoms with van der Waals surface area (Å²) >= 11 is 0. The fourth-order valence-corrected chi connectivity index (χ4v) is 2.24. The second-order valence-electron chi connectivity index (χ2n) is 4.62. The van der Waals surface area contributed by atoms with Crippen molar-refractivity contribution in [3.63, 3.8) is 0 Å². The quantitative estimate of drug-likeness (QED) is 0.887. The molecule has 1 aliphatic rings.